The molecule has 0 atom stereocenters. The van der Waals surface area contributed by atoms with Crippen molar-refractivity contribution in [2.24, 2.45) is 5.73 Å². The van der Waals surface area contributed by atoms with Crippen LogP contribution in [-0.4, -0.2) is 18.0 Å². The highest BCUT2D eigenvalue weighted by Crippen LogP contribution is 2.35. The number of anilines is 1. The van der Waals surface area contributed by atoms with Gasteiger partial charge < -0.3 is 10.6 Å². The predicted molar refractivity (Wildman–Crippen MR) is 77.2 cm³/mol. The molecule has 2 aliphatic rings. The molecule has 102 valence electrons. The lowest BCUT2D eigenvalue weighted by Gasteiger charge is -2.36. The minimum Gasteiger partial charge on any atom is -0.317 e. The van der Waals surface area contributed by atoms with Crippen molar-refractivity contribution in [3.8, 4) is 0 Å². The molecule has 3 rings (SSSR count). The van der Waals surface area contributed by atoms with Crippen molar-refractivity contribution in [1.82, 2.24) is 0 Å². The second-order valence-corrected chi connectivity index (χ2v) is 6.01. The van der Waals surface area contributed by atoms with Crippen LogP contribution in [0.3, 0.4) is 0 Å². The summed E-state index contributed by atoms with van der Waals surface area (Å²) in [5, 5.41) is 0. The standard InChI is InChI=1S/C16H22N2O/c1-12-6-4-7-13-8-5-11-18(14(12)13)15(19)16(17)9-2-3-10-16/h4,6-7H,2-3,5,8-11,17H2,1H3. The van der Waals surface area contributed by atoms with E-state index < -0.39 is 5.54 Å². The molecule has 1 amide bonds. The van der Waals surface area contributed by atoms with Crippen molar-refractivity contribution < 1.29 is 4.79 Å². The molecule has 1 saturated carbocycles. The fourth-order valence-corrected chi connectivity index (χ4v) is 3.54. The second-order valence-electron chi connectivity index (χ2n) is 6.01. The van der Waals surface area contributed by atoms with Crippen molar-refractivity contribution in [2.75, 3.05) is 11.4 Å². The van der Waals surface area contributed by atoms with Crippen molar-refractivity contribution in [3.05, 3.63) is 29.3 Å². The molecule has 2 N–H and O–H groups in total. The van der Waals surface area contributed by atoms with Crippen molar-refractivity contribution in [2.45, 2.75) is 51.0 Å². The van der Waals surface area contributed by atoms with Gasteiger partial charge in [-0.15, -0.1) is 0 Å². The molecule has 0 radical (unpaired) electrons. The highest BCUT2D eigenvalue weighted by atomic mass is 16.2. The van der Waals surface area contributed by atoms with Gasteiger partial charge in [0.25, 0.3) is 0 Å². The lowest BCUT2D eigenvalue weighted by molar-refractivity contribution is -0.123. The van der Waals surface area contributed by atoms with Crippen LogP contribution in [0, 0.1) is 6.92 Å². The van der Waals surface area contributed by atoms with Gasteiger partial charge in [-0.2, -0.15) is 0 Å². The number of benzene rings is 1. The van der Waals surface area contributed by atoms with Crippen LogP contribution in [0.25, 0.3) is 0 Å². The van der Waals surface area contributed by atoms with Crippen LogP contribution in [0.5, 0.6) is 0 Å². The molecule has 0 aromatic heterocycles. The van der Waals surface area contributed by atoms with E-state index in [1.54, 1.807) is 0 Å². The first-order valence-corrected chi connectivity index (χ1v) is 7.31. The van der Waals surface area contributed by atoms with Crippen molar-refractivity contribution >= 4 is 11.6 Å². The van der Waals surface area contributed by atoms with Gasteiger partial charge in [-0.05, 0) is 43.7 Å². The Morgan fingerprint density at radius 3 is 2.74 bits per heavy atom. The largest absolute Gasteiger partial charge is 0.317 e. The summed E-state index contributed by atoms with van der Waals surface area (Å²) in [6.45, 7) is 2.90. The van der Waals surface area contributed by atoms with E-state index >= 15 is 0 Å². The van der Waals surface area contributed by atoms with E-state index in [1.165, 1.54) is 11.1 Å². The maximum absolute atomic E-state index is 12.8. The zero-order chi connectivity index (χ0) is 13.5. The molecule has 1 aliphatic heterocycles. The topological polar surface area (TPSA) is 46.3 Å². The first-order valence-electron chi connectivity index (χ1n) is 7.31. The SMILES string of the molecule is Cc1cccc2c1N(C(=O)C1(N)CCCC1)CCC2. The van der Waals surface area contributed by atoms with E-state index in [0.717, 1.165) is 50.8 Å². The molecule has 0 spiro atoms. The summed E-state index contributed by atoms with van der Waals surface area (Å²) in [4.78, 5) is 14.8. The van der Waals surface area contributed by atoms with Gasteiger partial charge in [0.15, 0.2) is 0 Å². The van der Waals surface area contributed by atoms with Crippen LogP contribution < -0.4 is 10.6 Å². The number of amides is 1. The molecule has 1 aromatic rings. The van der Waals surface area contributed by atoms with Crippen LogP contribution in [0.2, 0.25) is 0 Å². The Morgan fingerprint density at radius 2 is 2.00 bits per heavy atom. The van der Waals surface area contributed by atoms with Crippen molar-refractivity contribution in [3.63, 3.8) is 0 Å². The molecule has 1 heterocycles. The van der Waals surface area contributed by atoms with E-state index in [9.17, 15) is 4.79 Å². The number of para-hydroxylation sites is 1. The van der Waals surface area contributed by atoms with E-state index in [4.69, 9.17) is 5.73 Å². The summed E-state index contributed by atoms with van der Waals surface area (Å²) in [5.74, 6) is 0.139. The predicted octanol–water partition coefficient (Wildman–Crippen LogP) is 2.55. The molecular formula is C16H22N2O. The lowest BCUT2D eigenvalue weighted by atomic mass is 9.92. The zero-order valence-electron chi connectivity index (χ0n) is 11.6. The summed E-state index contributed by atoms with van der Waals surface area (Å²) in [5.41, 5.74) is 9.34. The Labute approximate surface area is 114 Å². The summed E-state index contributed by atoms with van der Waals surface area (Å²) >= 11 is 0. The first-order chi connectivity index (χ1) is 9.12. The third kappa shape index (κ3) is 2.06. The fraction of sp³-hybridized carbons (Fsp3) is 0.562. The van der Waals surface area contributed by atoms with E-state index in [-0.39, 0.29) is 5.91 Å². The van der Waals surface area contributed by atoms with Gasteiger partial charge in [-0.3, -0.25) is 4.79 Å². The lowest BCUT2D eigenvalue weighted by Crippen LogP contribution is -2.55. The molecule has 0 saturated heterocycles. The van der Waals surface area contributed by atoms with Gasteiger partial charge in [-0.1, -0.05) is 31.0 Å². The molecule has 3 nitrogen and oxygen atoms in total. The number of carbonyl (C=O) groups is 1. The van der Waals surface area contributed by atoms with E-state index in [1.807, 2.05) is 4.90 Å². The van der Waals surface area contributed by atoms with E-state index in [0.29, 0.717) is 0 Å². The average molecular weight is 258 g/mol. The number of rotatable bonds is 1. The number of nitrogens with zero attached hydrogens (tertiary/aromatic N) is 1. The molecule has 1 fully saturated rings. The Balaban J connectivity index is 1.97. The summed E-state index contributed by atoms with van der Waals surface area (Å²) in [7, 11) is 0. The minimum atomic E-state index is -0.614. The van der Waals surface area contributed by atoms with Crippen LogP contribution in [-0.2, 0) is 11.2 Å². The molecule has 3 heteroatoms. The third-order valence-corrected chi connectivity index (χ3v) is 4.59. The number of nitrogens with two attached hydrogens (primary N) is 1. The van der Waals surface area contributed by atoms with E-state index in [2.05, 4.69) is 25.1 Å². The van der Waals surface area contributed by atoms with Gasteiger partial charge in [0.1, 0.15) is 0 Å². The Morgan fingerprint density at radius 1 is 1.26 bits per heavy atom. The quantitative estimate of drug-likeness (QED) is 0.841. The van der Waals surface area contributed by atoms with Gasteiger partial charge in [0.05, 0.1) is 5.54 Å². The van der Waals surface area contributed by atoms with Crippen molar-refractivity contribution in [1.29, 1.82) is 0 Å². The minimum absolute atomic E-state index is 0.139. The molecule has 19 heavy (non-hydrogen) atoms. The summed E-state index contributed by atoms with van der Waals surface area (Å²) in [6, 6.07) is 6.30. The molecular weight excluding hydrogens is 236 g/mol. The van der Waals surface area contributed by atoms with Gasteiger partial charge >= 0.3 is 0 Å². The average Bonchev–Trinajstić information content (AvgIpc) is 2.86. The highest BCUT2D eigenvalue weighted by molar-refractivity contribution is 6.01. The monoisotopic (exact) mass is 258 g/mol. The van der Waals surface area contributed by atoms with Gasteiger partial charge in [0.2, 0.25) is 5.91 Å². The second kappa shape index (κ2) is 4.64. The number of fused-ring (bicyclic) bond motifs is 1. The number of carbonyl (C=O) groups excluding carboxylic acids is 1. The third-order valence-electron chi connectivity index (χ3n) is 4.59. The maximum atomic E-state index is 12.8. The molecule has 0 bridgehead atoms. The Bertz CT molecular complexity index is 503. The summed E-state index contributed by atoms with van der Waals surface area (Å²) in [6.07, 6.45) is 5.94. The Kier molecular flexibility index (Phi) is 3.09. The van der Waals surface area contributed by atoms with Crippen LogP contribution in [0.4, 0.5) is 5.69 Å². The fourth-order valence-electron chi connectivity index (χ4n) is 3.54. The van der Waals surface area contributed by atoms with Crippen LogP contribution >= 0.6 is 0 Å². The van der Waals surface area contributed by atoms with Crippen LogP contribution in [0.1, 0.15) is 43.2 Å². The number of hydrogen-bond acceptors (Lipinski definition) is 2. The first kappa shape index (κ1) is 12.7. The molecule has 1 aromatic carbocycles. The number of aryl methyl sites for hydroxylation is 2. The zero-order valence-corrected chi connectivity index (χ0v) is 11.6. The number of hydrogen-bond donors (Lipinski definition) is 1. The van der Waals surface area contributed by atoms with Crippen LogP contribution in [0.15, 0.2) is 18.2 Å². The molecule has 1 aliphatic carbocycles. The smallest absolute Gasteiger partial charge is 0.247 e. The normalized spacial score (nSPS) is 21.3. The highest BCUT2D eigenvalue weighted by Gasteiger charge is 2.41. The maximum Gasteiger partial charge on any atom is 0.247 e. The molecule has 0 unspecified atom stereocenters. The van der Waals surface area contributed by atoms with Gasteiger partial charge in [0, 0.05) is 12.2 Å². The Hall–Kier alpha value is -1.35. The summed E-state index contributed by atoms with van der Waals surface area (Å²) < 4.78 is 0. The van der Waals surface area contributed by atoms with Gasteiger partial charge in [-0.25, -0.2) is 0 Å².